The number of rotatable bonds is 7. The molecule has 2 aromatic rings. The Labute approximate surface area is 149 Å². The van der Waals surface area contributed by atoms with Crippen LogP contribution in [-0.2, 0) is 19.6 Å². The van der Waals surface area contributed by atoms with Gasteiger partial charge in [0.05, 0.1) is 6.54 Å². The highest BCUT2D eigenvalue weighted by atomic mass is 19.1. The molecule has 2 N–H and O–H groups in total. The maximum Gasteiger partial charge on any atom is 0.191 e. The van der Waals surface area contributed by atoms with Crippen molar-refractivity contribution >= 4 is 5.96 Å². The Morgan fingerprint density at radius 1 is 1.04 bits per heavy atom. The summed E-state index contributed by atoms with van der Waals surface area (Å²) in [5, 5.41) is 6.56. The van der Waals surface area contributed by atoms with Gasteiger partial charge in [0.2, 0.25) is 0 Å². The van der Waals surface area contributed by atoms with Crippen LogP contribution in [0.1, 0.15) is 23.6 Å². The number of guanidine groups is 1. The number of halogens is 1. The van der Waals surface area contributed by atoms with Crippen LogP contribution < -0.4 is 10.6 Å². The Hall–Kier alpha value is -2.40. The van der Waals surface area contributed by atoms with Crippen molar-refractivity contribution in [2.75, 3.05) is 20.6 Å². The van der Waals surface area contributed by atoms with E-state index in [2.05, 4.69) is 27.8 Å². The van der Waals surface area contributed by atoms with Crippen molar-refractivity contribution < 1.29 is 4.39 Å². The van der Waals surface area contributed by atoms with E-state index < -0.39 is 0 Å². The smallest absolute Gasteiger partial charge is 0.191 e. The van der Waals surface area contributed by atoms with Gasteiger partial charge in [-0.05, 0) is 44.3 Å². The molecule has 0 atom stereocenters. The summed E-state index contributed by atoms with van der Waals surface area (Å²) in [5.41, 5.74) is 2.89. The Kier molecular flexibility index (Phi) is 7.41. The molecule has 25 heavy (non-hydrogen) atoms. The number of nitrogens with zero attached hydrogens (tertiary/aromatic N) is 2. The maximum atomic E-state index is 13.9. The van der Waals surface area contributed by atoms with E-state index >= 15 is 0 Å². The van der Waals surface area contributed by atoms with Crippen molar-refractivity contribution in [3.63, 3.8) is 0 Å². The van der Waals surface area contributed by atoms with Crippen molar-refractivity contribution in [2.24, 2.45) is 4.99 Å². The Morgan fingerprint density at radius 3 is 2.48 bits per heavy atom. The summed E-state index contributed by atoms with van der Waals surface area (Å²) in [6.45, 7) is 4.62. The molecule has 0 aliphatic rings. The van der Waals surface area contributed by atoms with E-state index in [1.807, 2.05) is 50.2 Å². The number of hydrogen-bond donors (Lipinski definition) is 2. The van der Waals surface area contributed by atoms with Crippen LogP contribution in [0, 0.1) is 5.82 Å². The largest absolute Gasteiger partial charge is 0.357 e. The van der Waals surface area contributed by atoms with Crippen LogP contribution in [0.2, 0.25) is 0 Å². The lowest BCUT2D eigenvalue weighted by Crippen LogP contribution is -2.36. The summed E-state index contributed by atoms with van der Waals surface area (Å²) < 4.78 is 13.9. The molecule has 0 aliphatic heterocycles. The zero-order valence-corrected chi connectivity index (χ0v) is 15.2. The third-order valence-electron chi connectivity index (χ3n) is 3.66. The number of hydrogen-bond acceptors (Lipinski definition) is 2. The van der Waals surface area contributed by atoms with Gasteiger partial charge >= 0.3 is 0 Å². The minimum Gasteiger partial charge on any atom is -0.357 e. The predicted molar refractivity (Wildman–Crippen MR) is 102 cm³/mol. The fourth-order valence-corrected chi connectivity index (χ4v) is 2.48. The zero-order valence-electron chi connectivity index (χ0n) is 15.2. The van der Waals surface area contributed by atoms with E-state index in [9.17, 15) is 4.39 Å². The van der Waals surface area contributed by atoms with E-state index in [-0.39, 0.29) is 5.82 Å². The van der Waals surface area contributed by atoms with E-state index in [1.165, 1.54) is 11.6 Å². The van der Waals surface area contributed by atoms with Crippen LogP contribution in [0.4, 0.5) is 4.39 Å². The van der Waals surface area contributed by atoms with E-state index in [4.69, 9.17) is 0 Å². The van der Waals surface area contributed by atoms with Gasteiger partial charge in [0.1, 0.15) is 5.82 Å². The molecule has 134 valence electrons. The molecule has 2 rings (SSSR count). The Morgan fingerprint density at radius 2 is 1.80 bits per heavy atom. The normalized spacial score (nSPS) is 11.6. The average Bonchev–Trinajstić information content (AvgIpc) is 2.60. The molecule has 0 saturated carbocycles. The van der Waals surface area contributed by atoms with Crippen molar-refractivity contribution in [3.8, 4) is 0 Å². The first kappa shape index (κ1) is 18.9. The monoisotopic (exact) mass is 342 g/mol. The predicted octanol–water partition coefficient (Wildman–Crippen LogP) is 3.14. The molecular formula is C20H27FN4. The fourth-order valence-electron chi connectivity index (χ4n) is 2.48. The van der Waals surface area contributed by atoms with Crippen LogP contribution in [0.5, 0.6) is 0 Å². The van der Waals surface area contributed by atoms with Gasteiger partial charge in [-0.2, -0.15) is 0 Å². The van der Waals surface area contributed by atoms with Gasteiger partial charge in [-0.15, -0.1) is 0 Å². The summed E-state index contributed by atoms with van der Waals surface area (Å²) in [6, 6.07) is 15.4. The third kappa shape index (κ3) is 6.55. The molecule has 5 heteroatoms. The van der Waals surface area contributed by atoms with Gasteiger partial charge in [-0.25, -0.2) is 9.38 Å². The lowest BCUT2D eigenvalue weighted by Gasteiger charge is -2.13. The molecule has 0 bridgehead atoms. The molecule has 2 aromatic carbocycles. The van der Waals surface area contributed by atoms with Crippen molar-refractivity contribution in [2.45, 2.75) is 26.6 Å². The standard InChI is InChI=1S/C20H27FN4/c1-4-22-20(23-13-16-8-6-5-7-9-16)24-14-17-10-11-19(21)18(12-17)15-25(2)3/h5-12H,4,13-15H2,1-3H3,(H2,22,23,24). The summed E-state index contributed by atoms with van der Waals surface area (Å²) in [7, 11) is 3.86. The highest BCUT2D eigenvalue weighted by Crippen LogP contribution is 2.13. The SMILES string of the molecule is CCNC(=NCc1ccc(F)c(CN(C)C)c1)NCc1ccccc1. The first-order valence-corrected chi connectivity index (χ1v) is 8.56. The number of nitrogens with one attached hydrogen (secondary N) is 2. The van der Waals surface area contributed by atoms with Gasteiger partial charge in [-0.1, -0.05) is 36.4 Å². The third-order valence-corrected chi connectivity index (χ3v) is 3.66. The second-order valence-electron chi connectivity index (χ2n) is 6.20. The van der Waals surface area contributed by atoms with E-state index in [1.54, 1.807) is 6.07 Å². The van der Waals surface area contributed by atoms with Crippen molar-refractivity contribution in [1.29, 1.82) is 0 Å². The minimum atomic E-state index is -0.171. The highest BCUT2D eigenvalue weighted by Gasteiger charge is 2.05. The topological polar surface area (TPSA) is 39.7 Å². The van der Waals surface area contributed by atoms with E-state index in [0.717, 1.165) is 18.1 Å². The molecule has 0 saturated heterocycles. The summed E-state index contributed by atoms with van der Waals surface area (Å²) >= 11 is 0. The van der Waals surface area contributed by atoms with E-state index in [0.29, 0.717) is 25.2 Å². The van der Waals surface area contributed by atoms with Gasteiger partial charge in [0.25, 0.3) is 0 Å². The Bertz CT molecular complexity index is 683. The number of aliphatic imine (C=N–C) groups is 1. The molecule has 0 unspecified atom stereocenters. The maximum absolute atomic E-state index is 13.9. The molecular weight excluding hydrogens is 315 g/mol. The molecule has 0 fully saturated rings. The van der Waals surface area contributed by atoms with Crippen LogP contribution in [0.15, 0.2) is 53.5 Å². The quantitative estimate of drug-likeness (QED) is 0.600. The lowest BCUT2D eigenvalue weighted by atomic mass is 10.1. The Balaban J connectivity index is 2.02. The fraction of sp³-hybridized carbons (Fsp3) is 0.350. The van der Waals surface area contributed by atoms with Gasteiger partial charge in [0, 0.05) is 25.2 Å². The highest BCUT2D eigenvalue weighted by molar-refractivity contribution is 5.79. The molecule has 0 heterocycles. The van der Waals surface area contributed by atoms with Crippen molar-refractivity contribution in [1.82, 2.24) is 15.5 Å². The van der Waals surface area contributed by atoms with Crippen LogP contribution >= 0.6 is 0 Å². The summed E-state index contributed by atoms with van der Waals surface area (Å²) in [6.07, 6.45) is 0. The molecule has 0 aromatic heterocycles. The lowest BCUT2D eigenvalue weighted by molar-refractivity contribution is 0.392. The van der Waals surface area contributed by atoms with Crippen LogP contribution in [0.25, 0.3) is 0 Å². The molecule has 0 amide bonds. The second-order valence-corrected chi connectivity index (χ2v) is 6.20. The number of benzene rings is 2. The molecule has 0 radical (unpaired) electrons. The summed E-state index contributed by atoms with van der Waals surface area (Å²) in [5.74, 6) is 0.584. The second kappa shape index (κ2) is 9.79. The van der Waals surface area contributed by atoms with Gasteiger partial charge in [-0.3, -0.25) is 0 Å². The summed E-state index contributed by atoms with van der Waals surface area (Å²) in [4.78, 5) is 6.56. The average molecular weight is 342 g/mol. The first-order valence-electron chi connectivity index (χ1n) is 8.56. The molecule has 0 aliphatic carbocycles. The molecule has 0 spiro atoms. The minimum absolute atomic E-state index is 0.171. The van der Waals surface area contributed by atoms with Crippen LogP contribution in [0.3, 0.4) is 0 Å². The molecule has 4 nitrogen and oxygen atoms in total. The zero-order chi connectivity index (χ0) is 18.1. The van der Waals surface area contributed by atoms with Gasteiger partial charge in [0.15, 0.2) is 5.96 Å². The first-order chi connectivity index (χ1) is 12.1. The van der Waals surface area contributed by atoms with Crippen molar-refractivity contribution in [3.05, 3.63) is 71.0 Å². The van der Waals surface area contributed by atoms with Crippen LogP contribution in [-0.4, -0.2) is 31.5 Å². The van der Waals surface area contributed by atoms with Gasteiger partial charge < -0.3 is 15.5 Å².